The number of halogens is 1. The Morgan fingerprint density at radius 3 is 2.65 bits per heavy atom. The third kappa shape index (κ3) is 3.60. The van der Waals surface area contributed by atoms with Crippen molar-refractivity contribution in [3.05, 3.63) is 59.9 Å². The Morgan fingerprint density at radius 1 is 1.15 bits per heavy atom. The van der Waals surface area contributed by atoms with E-state index in [1.807, 2.05) is 18.2 Å². The molecule has 0 aromatic heterocycles. The van der Waals surface area contributed by atoms with Gasteiger partial charge in [-0.15, -0.1) is 0 Å². The van der Waals surface area contributed by atoms with Crippen LogP contribution in [0.2, 0.25) is 0 Å². The van der Waals surface area contributed by atoms with Gasteiger partial charge in [0.25, 0.3) is 0 Å². The summed E-state index contributed by atoms with van der Waals surface area (Å²) >= 11 is 1.46. The lowest BCUT2D eigenvalue weighted by molar-refractivity contribution is -0.113. The zero-order valence-electron chi connectivity index (χ0n) is 14.3. The van der Waals surface area contributed by atoms with E-state index in [9.17, 15) is 9.18 Å². The number of rotatable bonds is 3. The first kappa shape index (κ1) is 17.1. The van der Waals surface area contributed by atoms with Crippen molar-refractivity contribution in [1.82, 2.24) is 0 Å². The molecule has 2 aliphatic rings. The van der Waals surface area contributed by atoms with Crippen LogP contribution in [0.5, 0.6) is 0 Å². The van der Waals surface area contributed by atoms with Crippen LogP contribution in [-0.4, -0.2) is 22.4 Å². The third-order valence-corrected chi connectivity index (χ3v) is 5.73. The molecule has 1 spiro atoms. The summed E-state index contributed by atoms with van der Waals surface area (Å²) in [6.45, 7) is 0. The first-order chi connectivity index (χ1) is 12.6. The van der Waals surface area contributed by atoms with Crippen molar-refractivity contribution in [2.24, 2.45) is 4.99 Å². The summed E-state index contributed by atoms with van der Waals surface area (Å²) in [7, 11) is 0. The topological polar surface area (TPSA) is 53.5 Å². The number of carbonyl (C=O) groups is 1. The zero-order chi connectivity index (χ0) is 18.0. The molecule has 0 bridgehead atoms. The van der Waals surface area contributed by atoms with E-state index in [0.717, 1.165) is 29.1 Å². The minimum atomic E-state index is -0.320. The van der Waals surface area contributed by atoms with Crippen LogP contribution in [0.4, 0.5) is 15.8 Å². The van der Waals surface area contributed by atoms with Gasteiger partial charge in [0.15, 0.2) is 0 Å². The average molecular weight is 369 g/mol. The zero-order valence-corrected chi connectivity index (χ0v) is 15.1. The number of para-hydroxylation sites is 1. The highest BCUT2D eigenvalue weighted by molar-refractivity contribution is 8.15. The number of amides is 1. The summed E-state index contributed by atoms with van der Waals surface area (Å²) in [6, 6.07) is 13.9. The Bertz CT molecular complexity index is 844. The van der Waals surface area contributed by atoms with Crippen molar-refractivity contribution in [2.45, 2.75) is 31.3 Å². The van der Waals surface area contributed by atoms with E-state index in [1.165, 1.54) is 36.7 Å². The highest BCUT2D eigenvalue weighted by atomic mass is 32.2. The fraction of sp³-hybridized carbons (Fsp3) is 0.300. The SMILES string of the molecule is O=C(CSC1=NC2(CCCC2)Nc2ccccc21)Nc1ccc(F)cc1. The van der Waals surface area contributed by atoms with Gasteiger partial charge in [0.05, 0.1) is 5.75 Å². The number of nitrogens with one attached hydrogen (secondary N) is 2. The second-order valence-corrected chi connectivity index (χ2v) is 7.63. The molecular formula is C20H20FN3OS. The maximum absolute atomic E-state index is 13.0. The predicted octanol–water partition coefficient (Wildman–Crippen LogP) is 4.64. The summed E-state index contributed by atoms with van der Waals surface area (Å²) in [5, 5.41) is 7.31. The highest BCUT2D eigenvalue weighted by Gasteiger charge is 2.37. The molecular weight excluding hydrogens is 349 g/mol. The van der Waals surface area contributed by atoms with Crippen molar-refractivity contribution >= 4 is 34.1 Å². The second-order valence-electron chi connectivity index (χ2n) is 6.67. The maximum Gasteiger partial charge on any atom is 0.234 e. The number of hydrogen-bond donors (Lipinski definition) is 2. The van der Waals surface area contributed by atoms with E-state index < -0.39 is 0 Å². The van der Waals surface area contributed by atoms with Gasteiger partial charge in [-0.2, -0.15) is 0 Å². The monoisotopic (exact) mass is 369 g/mol. The van der Waals surface area contributed by atoms with Crippen LogP contribution < -0.4 is 10.6 Å². The number of fused-ring (bicyclic) bond motifs is 1. The van der Waals surface area contributed by atoms with Gasteiger partial charge in [-0.1, -0.05) is 30.0 Å². The molecule has 1 heterocycles. The van der Waals surface area contributed by atoms with Gasteiger partial charge in [0.2, 0.25) is 5.91 Å². The summed E-state index contributed by atoms with van der Waals surface area (Å²) < 4.78 is 13.0. The minimum Gasteiger partial charge on any atom is -0.361 e. The normalized spacial score (nSPS) is 17.3. The fourth-order valence-electron chi connectivity index (χ4n) is 3.48. The van der Waals surface area contributed by atoms with Crippen LogP contribution in [0.3, 0.4) is 0 Å². The Labute approximate surface area is 156 Å². The lowest BCUT2D eigenvalue weighted by atomic mass is 10.0. The quantitative estimate of drug-likeness (QED) is 0.829. The van der Waals surface area contributed by atoms with Crippen LogP contribution in [0, 0.1) is 5.82 Å². The predicted molar refractivity (Wildman–Crippen MR) is 105 cm³/mol. The van der Waals surface area contributed by atoms with Gasteiger partial charge in [-0.05, 0) is 56.0 Å². The van der Waals surface area contributed by atoms with E-state index in [2.05, 4.69) is 16.7 Å². The van der Waals surface area contributed by atoms with E-state index in [-0.39, 0.29) is 23.1 Å². The molecule has 0 unspecified atom stereocenters. The molecule has 2 aromatic carbocycles. The van der Waals surface area contributed by atoms with Crippen molar-refractivity contribution in [2.75, 3.05) is 16.4 Å². The molecule has 1 saturated carbocycles. The second kappa shape index (κ2) is 7.11. The molecule has 2 N–H and O–H groups in total. The van der Waals surface area contributed by atoms with Gasteiger partial charge in [0.1, 0.15) is 16.5 Å². The Balaban J connectivity index is 1.47. The fourth-order valence-corrected chi connectivity index (χ4v) is 4.40. The van der Waals surface area contributed by atoms with Crippen LogP contribution in [0.1, 0.15) is 31.2 Å². The standard InChI is InChI=1S/C20H20FN3OS/c21-14-7-9-15(10-8-14)22-18(25)13-26-19-16-5-1-2-6-17(16)23-20(24-19)11-3-4-12-20/h1-2,5-10,23H,3-4,11-13H2,(H,22,25). The molecule has 2 aromatic rings. The number of carbonyl (C=O) groups excluding carboxylic acids is 1. The van der Waals surface area contributed by atoms with Crippen LogP contribution >= 0.6 is 11.8 Å². The molecule has 6 heteroatoms. The molecule has 134 valence electrons. The molecule has 1 aliphatic carbocycles. The molecule has 1 amide bonds. The van der Waals surface area contributed by atoms with Crippen LogP contribution in [-0.2, 0) is 4.79 Å². The summed E-state index contributed by atoms with van der Waals surface area (Å²) in [4.78, 5) is 17.3. The molecule has 26 heavy (non-hydrogen) atoms. The van der Waals surface area contributed by atoms with Crippen molar-refractivity contribution in [3.8, 4) is 0 Å². The molecule has 4 rings (SSSR count). The average Bonchev–Trinajstić information content (AvgIpc) is 3.09. The number of aliphatic imine (C=N–C) groups is 1. The first-order valence-electron chi connectivity index (χ1n) is 8.79. The van der Waals surface area contributed by atoms with E-state index in [1.54, 1.807) is 12.1 Å². The third-order valence-electron chi connectivity index (χ3n) is 4.74. The first-order valence-corrected chi connectivity index (χ1v) is 9.78. The number of nitrogens with zero attached hydrogens (tertiary/aromatic N) is 1. The summed E-state index contributed by atoms with van der Waals surface area (Å²) in [5.74, 6) is -0.179. The van der Waals surface area contributed by atoms with Gasteiger partial charge in [-0.25, -0.2) is 9.38 Å². The van der Waals surface area contributed by atoms with Gasteiger partial charge in [0, 0.05) is 16.9 Å². The van der Waals surface area contributed by atoms with Gasteiger partial charge in [-0.3, -0.25) is 4.79 Å². The smallest absolute Gasteiger partial charge is 0.234 e. The largest absolute Gasteiger partial charge is 0.361 e. The van der Waals surface area contributed by atoms with E-state index in [4.69, 9.17) is 4.99 Å². The number of anilines is 2. The summed E-state index contributed by atoms with van der Waals surface area (Å²) in [6.07, 6.45) is 4.38. The lowest BCUT2D eigenvalue weighted by Gasteiger charge is -2.33. The van der Waals surface area contributed by atoms with E-state index >= 15 is 0 Å². The molecule has 0 radical (unpaired) electrons. The molecule has 0 atom stereocenters. The number of hydrogen-bond acceptors (Lipinski definition) is 4. The number of benzene rings is 2. The number of thioether (sulfide) groups is 1. The Morgan fingerprint density at radius 2 is 1.88 bits per heavy atom. The lowest BCUT2D eigenvalue weighted by Crippen LogP contribution is -2.37. The molecule has 0 saturated heterocycles. The van der Waals surface area contributed by atoms with E-state index in [0.29, 0.717) is 5.69 Å². The van der Waals surface area contributed by atoms with Gasteiger partial charge < -0.3 is 10.6 Å². The highest BCUT2D eigenvalue weighted by Crippen LogP contribution is 2.40. The maximum atomic E-state index is 13.0. The Kier molecular flexibility index (Phi) is 4.68. The molecule has 4 nitrogen and oxygen atoms in total. The Hall–Kier alpha value is -2.34. The van der Waals surface area contributed by atoms with Crippen molar-refractivity contribution < 1.29 is 9.18 Å². The minimum absolute atomic E-state index is 0.124. The van der Waals surface area contributed by atoms with Crippen LogP contribution in [0.25, 0.3) is 0 Å². The van der Waals surface area contributed by atoms with Gasteiger partial charge >= 0.3 is 0 Å². The summed E-state index contributed by atoms with van der Waals surface area (Å²) in [5.41, 5.74) is 2.51. The van der Waals surface area contributed by atoms with Crippen LogP contribution in [0.15, 0.2) is 53.5 Å². The molecule has 1 fully saturated rings. The van der Waals surface area contributed by atoms with Crippen molar-refractivity contribution in [1.29, 1.82) is 0 Å². The molecule has 1 aliphatic heterocycles. The van der Waals surface area contributed by atoms with Crippen molar-refractivity contribution in [3.63, 3.8) is 0 Å².